The number of hydrogen-bond acceptors (Lipinski definition) is 5. The number of carbonyl (C=O) groups is 3. The first-order valence-corrected chi connectivity index (χ1v) is 8.87. The Kier molecular flexibility index (Phi) is 5.31. The third-order valence-electron chi connectivity index (χ3n) is 5.08. The van der Waals surface area contributed by atoms with E-state index in [1.165, 1.54) is 4.90 Å². The summed E-state index contributed by atoms with van der Waals surface area (Å²) >= 11 is 0. The van der Waals surface area contributed by atoms with Gasteiger partial charge in [0.2, 0.25) is 5.91 Å². The molecule has 0 atom stereocenters. The molecule has 1 spiro atoms. The molecule has 0 bridgehead atoms. The molecule has 3 rings (SSSR count). The van der Waals surface area contributed by atoms with Crippen LogP contribution in [0.2, 0.25) is 0 Å². The van der Waals surface area contributed by atoms with Crippen molar-refractivity contribution in [3.05, 3.63) is 35.4 Å². The molecule has 1 saturated carbocycles. The van der Waals surface area contributed by atoms with Gasteiger partial charge in [-0.2, -0.15) is 5.26 Å². The molecule has 2 amide bonds. The van der Waals surface area contributed by atoms with Gasteiger partial charge in [-0.25, -0.2) is 4.79 Å². The molecule has 8 nitrogen and oxygen atoms in total. The van der Waals surface area contributed by atoms with E-state index in [1.54, 1.807) is 24.3 Å². The largest absolute Gasteiger partial charge is 0.480 e. The minimum Gasteiger partial charge on any atom is -0.480 e. The first-order valence-electron chi connectivity index (χ1n) is 8.87. The van der Waals surface area contributed by atoms with Crippen LogP contribution in [0.25, 0.3) is 0 Å². The fourth-order valence-electron chi connectivity index (χ4n) is 3.69. The molecule has 8 heteroatoms. The van der Waals surface area contributed by atoms with E-state index in [-0.39, 0.29) is 31.5 Å². The number of aliphatic carboxylic acids is 1. The fourth-order valence-corrected chi connectivity index (χ4v) is 3.69. The Labute approximate surface area is 156 Å². The van der Waals surface area contributed by atoms with Crippen molar-refractivity contribution in [1.29, 1.82) is 5.26 Å². The SMILES string of the molecule is N#Cc1ccc(CC(=O)NC2CCC3(CC2)CN(CC(=O)O)C(=O)O3)cc1. The van der Waals surface area contributed by atoms with E-state index in [0.717, 1.165) is 5.56 Å². The summed E-state index contributed by atoms with van der Waals surface area (Å²) in [4.78, 5) is 36.1. The Morgan fingerprint density at radius 1 is 1.30 bits per heavy atom. The highest BCUT2D eigenvalue weighted by atomic mass is 16.6. The molecule has 0 radical (unpaired) electrons. The second-order valence-electron chi connectivity index (χ2n) is 7.13. The number of ether oxygens (including phenoxy) is 1. The van der Waals surface area contributed by atoms with E-state index in [2.05, 4.69) is 5.32 Å². The maximum atomic E-state index is 12.2. The van der Waals surface area contributed by atoms with Crippen molar-refractivity contribution in [1.82, 2.24) is 10.2 Å². The van der Waals surface area contributed by atoms with Gasteiger partial charge >= 0.3 is 12.1 Å². The number of nitrogens with one attached hydrogen (secondary N) is 1. The van der Waals surface area contributed by atoms with E-state index in [9.17, 15) is 14.4 Å². The van der Waals surface area contributed by atoms with E-state index < -0.39 is 17.7 Å². The Bertz CT molecular complexity index is 776. The van der Waals surface area contributed by atoms with Crippen LogP contribution in [0, 0.1) is 11.3 Å². The van der Waals surface area contributed by atoms with Crippen LogP contribution in [0.15, 0.2) is 24.3 Å². The number of carboxylic acid groups (broad SMARTS) is 1. The van der Waals surface area contributed by atoms with Crippen LogP contribution in [-0.4, -0.2) is 52.7 Å². The highest BCUT2D eigenvalue weighted by molar-refractivity contribution is 5.79. The van der Waals surface area contributed by atoms with E-state index in [0.29, 0.717) is 31.2 Å². The second kappa shape index (κ2) is 7.66. The summed E-state index contributed by atoms with van der Waals surface area (Å²) in [5, 5.41) is 20.7. The lowest BCUT2D eigenvalue weighted by Crippen LogP contribution is -2.46. The molecule has 1 aromatic rings. The Morgan fingerprint density at radius 2 is 1.96 bits per heavy atom. The lowest BCUT2D eigenvalue weighted by atomic mass is 9.82. The third kappa shape index (κ3) is 4.56. The summed E-state index contributed by atoms with van der Waals surface area (Å²) in [6.07, 6.45) is 2.20. The fraction of sp³-hybridized carbons (Fsp3) is 0.474. The third-order valence-corrected chi connectivity index (χ3v) is 5.08. The van der Waals surface area contributed by atoms with Crippen LogP contribution in [-0.2, 0) is 20.7 Å². The van der Waals surface area contributed by atoms with E-state index in [1.807, 2.05) is 6.07 Å². The zero-order chi connectivity index (χ0) is 19.4. The van der Waals surface area contributed by atoms with E-state index >= 15 is 0 Å². The van der Waals surface area contributed by atoms with Crippen LogP contribution in [0.1, 0.15) is 36.8 Å². The topological polar surface area (TPSA) is 120 Å². The number of carbonyl (C=O) groups excluding carboxylic acids is 2. The van der Waals surface area contributed by atoms with Crippen LogP contribution >= 0.6 is 0 Å². The smallest absolute Gasteiger partial charge is 0.411 e. The Balaban J connectivity index is 1.48. The lowest BCUT2D eigenvalue weighted by molar-refractivity contribution is -0.137. The number of carboxylic acids is 1. The molecule has 0 unspecified atom stereocenters. The highest BCUT2D eigenvalue weighted by Crippen LogP contribution is 2.37. The average Bonchev–Trinajstić information content (AvgIpc) is 2.92. The van der Waals surface area contributed by atoms with Gasteiger partial charge in [-0.3, -0.25) is 14.5 Å². The van der Waals surface area contributed by atoms with Crippen LogP contribution in [0.5, 0.6) is 0 Å². The minimum absolute atomic E-state index is 0.00809. The van der Waals surface area contributed by atoms with Crippen molar-refractivity contribution in [3.8, 4) is 6.07 Å². The van der Waals surface area contributed by atoms with Gasteiger partial charge in [0, 0.05) is 6.04 Å². The second-order valence-corrected chi connectivity index (χ2v) is 7.13. The number of benzene rings is 1. The predicted molar refractivity (Wildman–Crippen MR) is 93.7 cm³/mol. The van der Waals surface area contributed by atoms with Crippen LogP contribution in [0.3, 0.4) is 0 Å². The van der Waals surface area contributed by atoms with Gasteiger partial charge in [-0.15, -0.1) is 0 Å². The zero-order valence-electron chi connectivity index (χ0n) is 14.8. The predicted octanol–water partition coefficient (Wildman–Crippen LogP) is 1.44. The molecule has 142 valence electrons. The zero-order valence-corrected chi connectivity index (χ0v) is 14.8. The van der Waals surface area contributed by atoms with Crippen molar-refractivity contribution in [3.63, 3.8) is 0 Å². The van der Waals surface area contributed by atoms with Crippen LogP contribution in [0.4, 0.5) is 4.79 Å². The van der Waals surface area contributed by atoms with Gasteiger partial charge in [0.15, 0.2) is 0 Å². The molecular weight excluding hydrogens is 350 g/mol. The van der Waals surface area contributed by atoms with E-state index in [4.69, 9.17) is 15.1 Å². The van der Waals surface area contributed by atoms with Crippen molar-refractivity contribution in [2.75, 3.05) is 13.1 Å². The molecule has 2 aliphatic rings. The Hall–Kier alpha value is -3.08. The molecule has 2 N–H and O–H groups in total. The summed E-state index contributed by atoms with van der Waals surface area (Å²) in [5.41, 5.74) is 0.758. The van der Waals surface area contributed by atoms with Gasteiger partial charge < -0.3 is 15.2 Å². The van der Waals surface area contributed by atoms with Crippen molar-refractivity contribution < 1.29 is 24.2 Å². The number of nitrogens with zero attached hydrogens (tertiary/aromatic N) is 2. The van der Waals surface area contributed by atoms with Gasteiger partial charge in [0.05, 0.1) is 24.6 Å². The minimum atomic E-state index is -1.06. The van der Waals surface area contributed by atoms with Gasteiger partial charge in [-0.05, 0) is 43.4 Å². The summed E-state index contributed by atoms with van der Waals surface area (Å²) in [7, 11) is 0. The van der Waals surface area contributed by atoms with Crippen molar-refractivity contribution in [2.45, 2.75) is 43.7 Å². The average molecular weight is 371 g/mol. The first-order chi connectivity index (χ1) is 12.9. The highest BCUT2D eigenvalue weighted by Gasteiger charge is 2.47. The molecular formula is C19H21N3O5. The quantitative estimate of drug-likeness (QED) is 0.808. The number of nitriles is 1. The molecule has 1 aliphatic heterocycles. The summed E-state index contributed by atoms with van der Waals surface area (Å²) in [6, 6.07) is 8.95. The van der Waals surface area contributed by atoms with Gasteiger partial charge in [-0.1, -0.05) is 12.1 Å². The van der Waals surface area contributed by atoms with Gasteiger partial charge in [0.25, 0.3) is 0 Å². The lowest BCUT2D eigenvalue weighted by Gasteiger charge is -2.35. The standard InChI is InChI=1S/C19H21N3O5/c20-10-14-3-1-13(2-4-14)9-16(23)21-15-5-7-19(8-6-15)12-22(11-17(24)25)18(26)27-19/h1-4,15H,5-9,11-12H2,(H,21,23)(H,24,25). The number of hydrogen-bond donors (Lipinski definition) is 2. The number of rotatable bonds is 5. The molecule has 0 aromatic heterocycles. The molecule has 1 aliphatic carbocycles. The molecule has 27 heavy (non-hydrogen) atoms. The first kappa shape index (κ1) is 18.7. The summed E-state index contributed by atoms with van der Waals surface area (Å²) in [5.74, 6) is -1.15. The monoisotopic (exact) mass is 371 g/mol. The van der Waals surface area contributed by atoms with Crippen LogP contribution < -0.4 is 5.32 Å². The normalized spacial score (nSPS) is 24.3. The molecule has 1 heterocycles. The van der Waals surface area contributed by atoms with Crippen molar-refractivity contribution >= 4 is 18.0 Å². The Morgan fingerprint density at radius 3 is 2.56 bits per heavy atom. The maximum absolute atomic E-state index is 12.2. The molecule has 1 aromatic carbocycles. The molecule has 1 saturated heterocycles. The van der Waals surface area contributed by atoms with Gasteiger partial charge in [0.1, 0.15) is 12.1 Å². The maximum Gasteiger partial charge on any atom is 0.411 e. The summed E-state index contributed by atoms with van der Waals surface area (Å²) in [6.45, 7) is -0.0740. The summed E-state index contributed by atoms with van der Waals surface area (Å²) < 4.78 is 5.46. The van der Waals surface area contributed by atoms with Crippen molar-refractivity contribution in [2.24, 2.45) is 0 Å². The molecule has 2 fully saturated rings. The number of amides is 2.